The fourth-order valence-corrected chi connectivity index (χ4v) is 3.90. The van der Waals surface area contributed by atoms with Gasteiger partial charge in [0, 0.05) is 13.1 Å². The van der Waals surface area contributed by atoms with Crippen molar-refractivity contribution < 1.29 is 28.6 Å². The van der Waals surface area contributed by atoms with Gasteiger partial charge in [0.05, 0.1) is 0 Å². The molecule has 0 spiro atoms. The number of nitrogens with two attached hydrogens (primary N) is 1. The van der Waals surface area contributed by atoms with Crippen molar-refractivity contribution in [2.45, 2.75) is 32.2 Å². The maximum atomic E-state index is 13.2. The van der Waals surface area contributed by atoms with Gasteiger partial charge >= 0.3 is 11.9 Å². The second kappa shape index (κ2) is 8.84. The molecule has 1 amide bonds. The predicted octanol–water partition coefficient (Wildman–Crippen LogP) is 3.23. The number of aliphatic carboxylic acids is 1. The highest BCUT2D eigenvalue weighted by atomic mass is 16.5. The van der Waals surface area contributed by atoms with Gasteiger partial charge in [0.2, 0.25) is 0 Å². The number of carboxylic acid groups (broad SMARTS) is 1. The molecule has 1 aliphatic rings. The first-order valence-corrected chi connectivity index (χ1v) is 10.4. The molecule has 0 saturated carbocycles. The number of esters is 1. The largest absolute Gasteiger partial charge is 0.480 e. The minimum Gasteiger partial charge on any atom is -0.480 e. The van der Waals surface area contributed by atoms with Gasteiger partial charge in [0.15, 0.2) is 0 Å². The Bertz CT molecular complexity index is 1170. The highest BCUT2D eigenvalue weighted by Gasteiger charge is 2.32. The quantitative estimate of drug-likeness (QED) is 0.345. The standard InChI is InChI=1S/C24H24N2O6/c1-2-14-9-11-26(12-10-14)22(27)20-18-7-8-19(32-18)21(20)24(30)31-16-5-3-15(4-6-16)13-17(25)23(28)29/h2-8,17H,9-13,25H2,1H3,(H,28,29). The minimum absolute atomic E-state index is 0.126. The number of allylic oxidation sites excluding steroid dienone is 1. The third-order valence-electron chi connectivity index (χ3n) is 5.77. The first-order valence-electron chi connectivity index (χ1n) is 10.4. The molecule has 3 aromatic rings. The average Bonchev–Trinajstić information content (AvgIpc) is 3.41. The van der Waals surface area contributed by atoms with Crippen LogP contribution >= 0.6 is 0 Å². The summed E-state index contributed by atoms with van der Waals surface area (Å²) in [5.74, 6) is -1.72. The van der Waals surface area contributed by atoms with Gasteiger partial charge in [-0.25, -0.2) is 4.79 Å². The molecule has 8 nitrogen and oxygen atoms in total. The van der Waals surface area contributed by atoms with Crippen molar-refractivity contribution in [3.63, 3.8) is 0 Å². The fraction of sp³-hybridized carbons (Fsp3) is 0.292. The van der Waals surface area contributed by atoms with Crippen LogP contribution in [0.1, 0.15) is 46.0 Å². The van der Waals surface area contributed by atoms with E-state index in [0.29, 0.717) is 29.8 Å². The van der Waals surface area contributed by atoms with Gasteiger partial charge in [-0.05, 0) is 56.0 Å². The van der Waals surface area contributed by atoms with Crippen molar-refractivity contribution in [1.82, 2.24) is 4.90 Å². The second-order valence-corrected chi connectivity index (χ2v) is 7.84. The molecule has 32 heavy (non-hydrogen) atoms. The van der Waals surface area contributed by atoms with Gasteiger partial charge in [-0.1, -0.05) is 23.8 Å². The summed E-state index contributed by atoms with van der Waals surface area (Å²) in [6, 6.07) is 8.75. The molecular weight excluding hydrogens is 412 g/mol. The summed E-state index contributed by atoms with van der Waals surface area (Å²) >= 11 is 0. The van der Waals surface area contributed by atoms with E-state index in [-0.39, 0.29) is 29.2 Å². The maximum Gasteiger partial charge on any atom is 0.348 e. The van der Waals surface area contributed by atoms with E-state index in [1.807, 2.05) is 6.92 Å². The Morgan fingerprint density at radius 2 is 1.72 bits per heavy atom. The molecule has 3 N–H and O–H groups in total. The zero-order valence-electron chi connectivity index (χ0n) is 17.7. The Balaban J connectivity index is 1.50. The van der Waals surface area contributed by atoms with Crippen LogP contribution in [0.5, 0.6) is 5.75 Å². The Hall–Kier alpha value is -3.65. The molecule has 1 atom stereocenters. The summed E-state index contributed by atoms with van der Waals surface area (Å²) in [5, 5.41) is 8.92. The molecule has 1 aromatic carbocycles. The van der Waals surface area contributed by atoms with E-state index >= 15 is 0 Å². The van der Waals surface area contributed by atoms with E-state index in [1.165, 1.54) is 5.57 Å². The van der Waals surface area contributed by atoms with E-state index in [1.54, 1.807) is 41.3 Å². The lowest BCUT2D eigenvalue weighted by molar-refractivity contribution is -0.138. The number of fused-ring (bicyclic) bond motifs is 2. The lowest BCUT2D eigenvalue weighted by Gasteiger charge is -2.28. The van der Waals surface area contributed by atoms with Crippen LogP contribution in [0.3, 0.4) is 0 Å². The number of carboxylic acids is 1. The monoisotopic (exact) mass is 436 g/mol. The van der Waals surface area contributed by atoms with Crippen LogP contribution in [-0.2, 0) is 11.2 Å². The van der Waals surface area contributed by atoms with Crippen LogP contribution in [0, 0.1) is 0 Å². The van der Waals surface area contributed by atoms with Crippen LogP contribution in [0.15, 0.2) is 52.5 Å². The van der Waals surface area contributed by atoms with Crippen molar-refractivity contribution in [3.8, 4) is 5.75 Å². The number of piperidine rings is 1. The summed E-state index contributed by atoms with van der Waals surface area (Å²) in [5.41, 5.74) is 8.61. The van der Waals surface area contributed by atoms with Gasteiger partial charge < -0.3 is 24.9 Å². The molecule has 2 aromatic heterocycles. The lowest BCUT2D eigenvalue weighted by Crippen LogP contribution is -2.37. The van der Waals surface area contributed by atoms with Gasteiger partial charge in [-0.2, -0.15) is 0 Å². The van der Waals surface area contributed by atoms with Crippen LogP contribution < -0.4 is 10.5 Å². The van der Waals surface area contributed by atoms with Crippen LogP contribution in [0.2, 0.25) is 0 Å². The summed E-state index contributed by atoms with van der Waals surface area (Å²) in [7, 11) is 0. The third kappa shape index (κ3) is 4.22. The van der Waals surface area contributed by atoms with Crippen LogP contribution in [0.25, 0.3) is 11.2 Å². The van der Waals surface area contributed by atoms with Crippen molar-refractivity contribution in [2.75, 3.05) is 13.1 Å². The average molecular weight is 436 g/mol. The normalized spacial score (nSPS) is 15.1. The second-order valence-electron chi connectivity index (χ2n) is 7.84. The lowest BCUT2D eigenvalue weighted by atomic mass is 10.0. The zero-order chi connectivity index (χ0) is 22.8. The minimum atomic E-state index is -1.08. The van der Waals surface area contributed by atoms with E-state index in [2.05, 4.69) is 6.08 Å². The van der Waals surface area contributed by atoms with Crippen LogP contribution in [0.4, 0.5) is 0 Å². The Kier molecular flexibility index (Phi) is 5.96. The zero-order valence-corrected chi connectivity index (χ0v) is 17.7. The summed E-state index contributed by atoms with van der Waals surface area (Å²) in [4.78, 5) is 38.8. The molecule has 8 heteroatoms. The number of carbonyl (C=O) groups is 3. The topological polar surface area (TPSA) is 123 Å². The third-order valence-corrected chi connectivity index (χ3v) is 5.77. The van der Waals surface area contributed by atoms with Crippen molar-refractivity contribution in [2.24, 2.45) is 5.73 Å². The molecule has 0 radical (unpaired) electrons. The summed E-state index contributed by atoms with van der Waals surface area (Å²) < 4.78 is 11.1. The number of hydrogen-bond acceptors (Lipinski definition) is 6. The fourth-order valence-electron chi connectivity index (χ4n) is 3.90. The van der Waals surface area contributed by atoms with Crippen molar-refractivity contribution in [1.29, 1.82) is 0 Å². The number of nitrogens with zero attached hydrogens (tertiary/aromatic N) is 1. The molecule has 2 bridgehead atoms. The SMILES string of the molecule is CC=C1CCN(C(=O)c2c(C(=O)Oc3ccc(CC(N)C(=O)O)cc3)c3ccc2o3)CC1. The number of furan rings is 2. The number of hydrogen-bond donors (Lipinski definition) is 2. The van der Waals surface area contributed by atoms with E-state index in [9.17, 15) is 14.4 Å². The first kappa shape index (κ1) is 21.6. The Labute approximate surface area is 184 Å². The van der Waals surface area contributed by atoms with Crippen molar-refractivity contribution in [3.05, 3.63) is 64.7 Å². The summed E-state index contributed by atoms with van der Waals surface area (Å²) in [6.07, 6.45) is 3.87. The van der Waals surface area contributed by atoms with E-state index in [4.69, 9.17) is 20.0 Å². The summed E-state index contributed by atoms with van der Waals surface area (Å²) in [6.45, 7) is 3.19. The molecule has 1 aliphatic heterocycles. The number of ether oxygens (including phenoxy) is 1. The number of likely N-dealkylation sites (tertiary alicyclic amines) is 1. The Morgan fingerprint density at radius 1 is 1.09 bits per heavy atom. The smallest absolute Gasteiger partial charge is 0.348 e. The highest BCUT2D eigenvalue weighted by molar-refractivity contribution is 6.15. The van der Waals surface area contributed by atoms with Gasteiger partial charge in [-0.3, -0.25) is 9.59 Å². The van der Waals surface area contributed by atoms with Gasteiger partial charge in [-0.15, -0.1) is 0 Å². The van der Waals surface area contributed by atoms with Gasteiger partial charge in [0.1, 0.15) is 34.1 Å². The molecule has 1 fully saturated rings. The molecule has 4 rings (SSSR count). The Morgan fingerprint density at radius 3 is 2.31 bits per heavy atom. The molecule has 1 saturated heterocycles. The molecular formula is C24H24N2O6. The number of benzene rings is 2. The maximum absolute atomic E-state index is 13.2. The predicted molar refractivity (Wildman–Crippen MR) is 117 cm³/mol. The number of carbonyl (C=O) groups excluding carboxylic acids is 2. The highest BCUT2D eigenvalue weighted by Crippen LogP contribution is 2.32. The number of rotatable bonds is 6. The van der Waals surface area contributed by atoms with Gasteiger partial charge in [0.25, 0.3) is 5.91 Å². The van der Waals surface area contributed by atoms with Crippen molar-refractivity contribution >= 4 is 29.0 Å². The van der Waals surface area contributed by atoms with Crippen LogP contribution in [-0.4, -0.2) is 47.0 Å². The van der Waals surface area contributed by atoms with E-state index in [0.717, 1.165) is 12.8 Å². The van der Waals surface area contributed by atoms with E-state index < -0.39 is 18.0 Å². The molecule has 1 unspecified atom stereocenters. The first-order chi connectivity index (χ1) is 15.4. The molecule has 166 valence electrons. The molecule has 3 heterocycles. The molecule has 0 aliphatic carbocycles. The number of amides is 1.